The van der Waals surface area contributed by atoms with Gasteiger partial charge in [0.25, 0.3) is 0 Å². The first-order chi connectivity index (χ1) is 11.2. The van der Waals surface area contributed by atoms with E-state index < -0.39 is 11.7 Å². The molecule has 2 saturated heterocycles. The molecule has 0 saturated carbocycles. The molecule has 8 nitrogen and oxygen atoms in total. The average Bonchev–Trinajstić information content (AvgIpc) is 2.55. The smallest absolute Gasteiger partial charge is 0.225 e. The lowest BCUT2D eigenvalue weighted by Crippen LogP contribution is -2.61. The van der Waals surface area contributed by atoms with E-state index in [1.54, 1.807) is 9.80 Å². The number of hydrogen-bond donors (Lipinski definition) is 3. The maximum Gasteiger partial charge on any atom is 0.225 e. The number of aliphatic hydroxyl groups excluding tert-OH is 1. The minimum atomic E-state index is -1.40. The Hall–Kier alpha value is -1.67. The summed E-state index contributed by atoms with van der Waals surface area (Å²) < 4.78 is 0. The van der Waals surface area contributed by atoms with Crippen LogP contribution < -0.4 is 5.32 Å². The maximum atomic E-state index is 12.6. The molecule has 0 aromatic carbocycles. The standard InChI is InChI=1S/C16H27N3O5/c1-11(20)17-10-16(24)5-8-19(9-14(16)22)15(23)13-3-6-18(7-4-13)12(2)21/h13-14,22,24H,3-10H2,1-2H3,(H,17,20)/t14-,16-/m1/s1. The molecule has 2 aliphatic heterocycles. The Bertz CT molecular complexity index is 504. The van der Waals surface area contributed by atoms with Gasteiger partial charge in [-0.15, -0.1) is 0 Å². The number of likely N-dealkylation sites (tertiary alicyclic amines) is 2. The second-order valence-electron chi connectivity index (χ2n) is 6.84. The van der Waals surface area contributed by atoms with Gasteiger partial charge in [-0.1, -0.05) is 0 Å². The monoisotopic (exact) mass is 341 g/mol. The molecule has 0 spiro atoms. The van der Waals surface area contributed by atoms with E-state index in [0.717, 1.165) is 0 Å². The van der Waals surface area contributed by atoms with Crippen molar-refractivity contribution in [3.05, 3.63) is 0 Å². The van der Waals surface area contributed by atoms with E-state index >= 15 is 0 Å². The highest BCUT2D eigenvalue weighted by Crippen LogP contribution is 2.26. The van der Waals surface area contributed by atoms with Gasteiger partial charge in [-0.3, -0.25) is 14.4 Å². The molecule has 0 bridgehead atoms. The van der Waals surface area contributed by atoms with Gasteiger partial charge in [-0.2, -0.15) is 0 Å². The number of amides is 3. The second kappa shape index (κ2) is 7.48. The fraction of sp³-hybridized carbons (Fsp3) is 0.812. The van der Waals surface area contributed by atoms with Gasteiger partial charge in [0.15, 0.2) is 0 Å². The quantitative estimate of drug-likeness (QED) is 0.591. The first kappa shape index (κ1) is 18.7. The molecule has 3 amide bonds. The van der Waals surface area contributed by atoms with Gasteiger partial charge in [0.1, 0.15) is 11.7 Å². The molecule has 2 atom stereocenters. The third-order valence-corrected chi connectivity index (χ3v) is 5.07. The van der Waals surface area contributed by atoms with Gasteiger partial charge in [0, 0.05) is 52.5 Å². The van der Waals surface area contributed by atoms with Crippen molar-refractivity contribution in [2.75, 3.05) is 32.7 Å². The zero-order valence-electron chi connectivity index (χ0n) is 14.3. The SMILES string of the molecule is CC(=O)NC[C@]1(O)CCN(C(=O)C2CCN(C(C)=O)CC2)C[C@H]1O. The molecule has 136 valence electrons. The molecule has 2 heterocycles. The predicted octanol–water partition coefficient (Wildman–Crippen LogP) is -1.29. The van der Waals surface area contributed by atoms with E-state index in [4.69, 9.17) is 0 Å². The third kappa shape index (κ3) is 4.24. The van der Waals surface area contributed by atoms with E-state index in [1.165, 1.54) is 13.8 Å². The van der Waals surface area contributed by atoms with Crippen LogP contribution in [0.1, 0.15) is 33.1 Å². The molecule has 3 N–H and O–H groups in total. The van der Waals surface area contributed by atoms with Crippen molar-refractivity contribution in [2.24, 2.45) is 5.92 Å². The summed E-state index contributed by atoms with van der Waals surface area (Å²) in [6.07, 6.45) is 0.369. The van der Waals surface area contributed by atoms with Crippen molar-refractivity contribution >= 4 is 17.7 Å². The minimum absolute atomic E-state index is 0.0253. The van der Waals surface area contributed by atoms with Crippen molar-refractivity contribution in [1.29, 1.82) is 0 Å². The molecule has 2 aliphatic rings. The number of nitrogens with one attached hydrogen (secondary N) is 1. The first-order valence-corrected chi connectivity index (χ1v) is 8.42. The van der Waals surface area contributed by atoms with Crippen LogP contribution in [0.5, 0.6) is 0 Å². The summed E-state index contributed by atoms with van der Waals surface area (Å²) in [5, 5.41) is 23.2. The number of nitrogens with zero attached hydrogens (tertiary/aromatic N) is 2. The van der Waals surface area contributed by atoms with Crippen molar-refractivity contribution in [1.82, 2.24) is 15.1 Å². The lowest BCUT2D eigenvalue weighted by Gasteiger charge is -2.43. The van der Waals surface area contributed by atoms with Crippen molar-refractivity contribution < 1.29 is 24.6 Å². The molecule has 0 aromatic rings. The van der Waals surface area contributed by atoms with Crippen LogP contribution in [0.25, 0.3) is 0 Å². The lowest BCUT2D eigenvalue weighted by molar-refractivity contribution is -0.155. The highest BCUT2D eigenvalue weighted by atomic mass is 16.3. The van der Waals surface area contributed by atoms with Crippen LogP contribution in [0, 0.1) is 5.92 Å². The summed E-state index contributed by atoms with van der Waals surface area (Å²) in [7, 11) is 0. The van der Waals surface area contributed by atoms with E-state index in [9.17, 15) is 24.6 Å². The largest absolute Gasteiger partial charge is 0.388 e. The predicted molar refractivity (Wildman–Crippen MR) is 85.8 cm³/mol. The number of rotatable bonds is 3. The highest BCUT2D eigenvalue weighted by molar-refractivity contribution is 5.80. The summed E-state index contributed by atoms with van der Waals surface area (Å²) in [6, 6.07) is 0. The molecule has 0 aromatic heterocycles. The number of hydrogen-bond acceptors (Lipinski definition) is 5. The summed E-state index contributed by atoms with van der Waals surface area (Å²) in [5.74, 6) is -0.420. The molecular formula is C16H27N3O5. The average molecular weight is 341 g/mol. The van der Waals surface area contributed by atoms with Crippen molar-refractivity contribution in [2.45, 2.75) is 44.8 Å². The zero-order valence-corrected chi connectivity index (χ0v) is 14.3. The van der Waals surface area contributed by atoms with Gasteiger partial charge in [-0.25, -0.2) is 0 Å². The molecule has 0 radical (unpaired) electrons. The van der Waals surface area contributed by atoms with E-state index in [0.29, 0.717) is 32.5 Å². The van der Waals surface area contributed by atoms with E-state index in [2.05, 4.69) is 5.32 Å². The molecule has 0 unspecified atom stereocenters. The Morgan fingerprint density at radius 2 is 1.75 bits per heavy atom. The molecule has 2 rings (SSSR count). The fourth-order valence-electron chi connectivity index (χ4n) is 3.35. The molecule has 0 aliphatic carbocycles. The minimum Gasteiger partial charge on any atom is -0.388 e. The Morgan fingerprint density at radius 3 is 2.25 bits per heavy atom. The van der Waals surface area contributed by atoms with E-state index in [1.807, 2.05) is 0 Å². The highest BCUT2D eigenvalue weighted by Gasteiger charge is 2.43. The van der Waals surface area contributed by atoms with Crippen LogP contribution in [0.15, 0.2) is 0 Å². The zero-order chi connectivity index (χ0) is 17.9. The van der Waals surface area contributed by atoms with Crippen LogP contribution >= 0.6 is 0 Å². The first-order valence-electron chi connectivity index (χ1n) is 8.42. The van der Waals surface area contributed by atoms with Crippen molar-refractivity contribution in [3.8, 4) is 0 Å². The molecule has 24 heavy (non-hydrogen) atoms. The fourth-order valence-corrected chi connectivity index (χ4v) is 3.35. The topological polar surface area (TPSA) is 110 Å². The summed E-state index contributed by atoms with van der Waals surface area (Å²) in [4.78, 5) is 38.3. The van der Waals surface area contributed by atoms with Gasteiger partial charge < -0.3 is 25.3 Å². The van der Waals surface area contributed by atoms with Crippen LogP contribution in [0.2, 0.25) is 0 Å². The summed E-state index contributed by atoms with van der Waals surface area (Å²) >= 11 is 0. The van der Waals surface area contributed by atoms with Crippen LogP contribution in [0.3, 0.4) is 0 Å². The third-order valence-electron chi connectivity index (χ3n) is 5.07. The summed E-state index contributed by atoms with van der Waals surface area (Å²) in [5.41, 5.74) is -1.40. The number of carbonyl (C=O) groups excluding carboxylic acids is 3. The molecule has 2 fully saturated rings. The van der Waals surface area contributed by atoms with Gasteiger partial charge >= 0.3 is 0 Å². The molecule has 8 heteroatoms. The Morgan fingerprint density at radius 1 is 1.12 bits per heavy atom. The normalized spacial score (nSPS) is 28.6. The summed E-state index contributed by atoms with van der Waals surface area (Å²) in [6.45, 7) is 4.41. The van der Waals surface area contributed by atoms with Crippen LogP contribution in [-0.2, 0) is 14.4 Å². The number of β-amino-alcohol motifs (C(OH)–C–C–N with tert-alkyl or cyclic N) is 1. The van der Waals surface area contributed by atoms with Gasteiger partial charge in [0.05, 0.1) is 0 Å². The molecular weight excluding hydrogens is 314 g/mol. The maximum absolute atomic E-state index is 12.6. The lowest BCUT2D eigenvalue weighted by atomic mass is 9.87. The number of carbonyl (C=O) groups is 3. The Balaban J connectivity index is 1.87. The van der Waals surface area contributed by atoms with Crippen molar-refractivity contribution in [3.63, 3.8) is 0 Å². The number of aliphatic hydroxyl groups is 2. The Kier molecular flexibility index (Phi) is 5.82. The number of piperidine rings is 2. The van der Waals surface area contributed by atoms with Gasteiger partial charge in [-0.05, 0) is 19.3 Å². The van der Waals surface area contributed by atoms with E-state index in [-0.39, 0.29) is 43.1 Å². The second-order valence-corrected chi connectivity index (χ2v) is 6.84. The van der Waals surface area contributed by atoms with Crippen LogP contribution in [0.4, 0.5) is 0 Å². The van der Waals surface area contributed by atoms with Gasteiger partial charge in [0.2, 0.25) is 17.7 Å². The Labute approximate surface area is 141 Å². The van der Waals surface area contributed by atoms with Crippen LogP contribution in [-0.4, -0.2) is 82.2 Å².